The predicted molar refractivity (Wildman–Crippen MR) is 126 cm³/mol. The Kier molecular flexibility index (Phi) is 6.24. The van der Waals surface area contributed by atoms with E-state index in [4.69, 9.17) is 4.74 Å². The van der Waals surface area contributed by atoms with E-state index in [0.717, 1.165) is 5.56 Å². The van der Waals surface area contributed by atoms with Gasteiger partial charge in [-0.05, 0) is 72.7 Å². The number of fused-ring (bicyclic) bond motifs is 1. The zero-order valence-electron chi connectivity index (χ0n) is 17.8. The van der Waals surface area contributed by atoms with Crippen LogP contribution in [-0.4, -0.2) is 24.0 Å². The fourth-order valence-corrected chi connectivity index (χ4v) is 4.43. The van der Waals surface area contributed by atoms with Crippen molar-refractivity contribution >= 4 is 39.3 Å². The van der Waals surface area contributed by atoms with Gasteiger partial charge in [-0.3, -0.25) is 4.79 Å². The number of thiophene rings is 1. The maximum absolute atomic E-state index is 13.6. The van der Waals surface area contributed by atoms with Crippen molar-refractivity contribution < 1.29 is 28.6 Å². The lowest BCUT2D eigenvalue weighted by molar-refractivity contribution is -0.134. The Hall–Kier alpha value is -3.97. The molecule has 1 N–H and O–H groups in total. The zero-order valence-corrected chi connectivity index (χ0v) is 18.6. The third kappa shape index (κ3) is 4.78. The Bertz CT molecular complexity index is 1390. The Morgan fingerprint density at radius 3 is 2.48 bits per heavy atom. The highest BCUT2D eigenvalue weighted by Gasteiger charge is 2.23. The van der Waals surface area contributed by atoms with Gasteiger partial charge in [0.25, 0.3) is 0 Å². The van der Waals surface area contributed by atoms with Crippen LogP contribution in [0, 0.1) is 12.7 Å². The summed E-state index contributed by atoms with van der Waals surface area (Å²) in [5, 5.41) is 10.6. The van der Waals surface area contributed by atoms with Crippen molar-refractivity contribution in [1.82, 2.24) is 0 Å². The van der Waals surface area contributed by atoms with Crippen LogP contribution in [0.3, 0.4) is 0 Å². The fraction of sp³-hybridized carbons (Fsp3) is 0.0769. The lowest BCUT2D eigenvalue weighted by Gasteiger charge is -2.09. The van der Waals surface area contributed by atoms with Crippen molar-refractivity contribution in [3.8, 4) is 17.2 Å². The normalized spacial score (nSPS) is 11.1. The van der Waals surface area contributed by atoms with E-state index in [1.807, 2.05) is 0 Å². The molecule has 7 heteroatoms. The molecule has 0 unspecified atom stereocenters. The first-order valence-corrected chi connectivity index (χ1v) is 10.8. The summed E-state index contributed by atoms with van der Waals surface area (Å²) in [4.78, 5) is 25.0. The molecule has 0 bridgehead atoms. The molecule has 33 heavy (non-hydrogen) atoms. The lowest BCUT2D eigenvalue weighted by atomic mass is 10.0. The van der Waals surface area contributed by atoms with Crippen molar-refractivity contribution in [3.05, 3.63) is 94.1 Å². The number of benzene rings is 3. The number of phenolic OH excluding ortho intramolecular Hbond substituents is 1. The molecular weight excluding hydrogens is 443 g/mol. The standard InChI is InChI=1S/C26H19FO5S/c1-15-13-17(27)6-10-20(15)24(30)26-25(21-11-7-18(28)14-22(21)33-26)32-19-8-3-16(4-9-19)5-12-23(29)31-2/h3-14,28H,1-2H3/b12-5+. The fourth-order valence-electron chi connectivity index (χ4n) is 3.31. The van der Waals surface area contributed by atoms with Gasteiger partial charge in [-0.2, -0.15) is 0 Å². The van der Waals surface area contributed by atoms with Gasteiger partial charge >= 0.3 is 5.97 Å². The number of carbonyl (C=O) groups is 2. The number of rotatable bonds is 6. The number of carbonyl (C=O) groups excluding carboxylic acids is 2. The smallest absolute Gasteiger partial charge is 0.330 e. The summed E-state index contributed by atoms with van der Waals surface area (Å²) in [5.41, 5.74) is 1.67. The molecular formula is C26H19FO5S. The second kappa shape index (κ2) is 9.26. The molecule has 0 fully saturated rings. The van der Waals surface area contributed by atoms with Crippen LogP contribution in [0.4, 0.5) is 4.39 Å². The van der Waals surface area contributed by atoms with Crippen LogP contribution in [-0.2, 0) is 9.53 Å². The van der Waals surface area contributed by atoms with Crippen molar-refractivity contribution in [3.63, 3.8) is 0 Å². The maximum atomic E-state index is 13.6. The first-order valence-electron chi connectivity index (χ1n) is 9.96. The van der Waals surface area contributed by atoms with E-state index in [1.165, 1.54) is 48.8 Å². The molecule has 0 amide bonds. The van der Waals surface area contributed by atoms with Gasteiger partial charge in [0.2, 0.25) is 5.78 Å². The van der Waals surface area contributed by atoms with Crippen LogP contribution in [0.2, 0.25) is 0 Å². The highest BCUT2D eigenvalue weighted by molar-refractivity contribution is 7.21. The van der Waals surface area contributed by atoms with Crippen LogP contribution in [0.15, 0.2) is 66.7 Å². The highest BCUT2D eigenvalue weighted by atomic mass is 32.1. The number of aryl methyl sites for hydroxylation is 1. The maximum Gasteiger partial charge on any atom is 0.330 e. The molecule has 0 aliphatic rings. The Morgan fingerprint density at radius 1 is 1.03 bits per heavy atom. The molecule has 0 saturated carbocycles. The average Bonchev–Trinajstić information content (AvgIpc) is 3.15. The molecule has 1 aromatic heterocycles. The molecule has 166 valence electrons. The molecule has 0 spiro atoms. The third-order valence-corrected chi connectivity index (χ3v) is 6.11. The van der Waals surface area contributed by atoms with Crippen LogP contribution in [0.25, 0.3) is 16.2 Å². The molecule has 4 rings (SSSR count). The molecule has 1 heterocycles. The summed E-state index contributed by atoms with van der Waals surface area (Å²) in [6.45, 7) is 1.68. The molecule has 0 aliphatic carbocycles. The monoisotopic (exact) mass is 462 g/mol. The van der Waals surface area contributed by atoms with Crippen LogP contribution in [0.1, 0.15) is 26.4 Å². The van der Waals surface area contributed by atoms with Gasteiger partial charge in [0, 0.05) is 21.7 Å². The summed E-state index contributed by atoms with van der Waals surface area (Å²) >= 11 is 1.20. The van der Waals surface area contributed by atoms with E-state index in [2.05, 4.69) is 4.74 Å². The highest BCUT2D eigenvalue weighted by Crippen LogP contribution is 2.43. The van der Waals surface area contributed by atoms with Crippen LogP contribution in [0.5, 0.6) is 17.2 Å². The Labute approximate surface area is 193 Å². The van der Waals surface area contributed by atoms with E-state index in [0.29, 0.717) is 37.6 Å². The number of methoxy groups -OCH3 is 1. The molecule has 0 aliphatic heterocycles. The predicted octanol–water partition coefficient (Wildman–Crippen LogP) is 6.26. The average molecular weight is 462 g/mol. The minimum atomic E-state index is -0.456. The number of ketones is 1. The number of aromatic hydroxyl groups is 1. The van der Waals surface area contributed by atoms with Crippen molar-refractivity contribution in [2.75, 3.05) is 7.11 Å². The van der Waals surface area contributed by atoms with Gasteiger partial charge in [-0.1, -0.05) is 12.1 Å². The number of esters is 1. The summed E-state index contributed by atoms with van der Waals surface area (Å²) in [6.07, 6.45) is 2.93. The number of hydrogen-bond acceptors (Lipinski definition) is 6. The van der Waals surface area contributed by atoms with Gasteiger partial charge in [-0.25, -0.2) is 9.18 Å². The molecule has 0 saturated heterocycles. The van der Waals surface area contributed by atoms with Gasteiger partial charge in [-0.15, -0.1) is 11.3 Å². The molecule has 4 aromatic rings. The minimum Gasteiger partial charge on any atom is -0.508 e. The van der Waals surface area contributed by atoms with Gasteiger partial charge in [0.1, 0.15) is 22.2 Å². The molecule has 5 nitrogen and oxygen atoms in total. The van der Waals surface area contributed by atoms with Crippen LogP contribution < -0.4 is 4.74 Å². The van der Waals surface area contributed by atoms with Crippen molar-refractivity contribution in [2.45, 2.75) is 6.92 Å². The quantitative estimate of drug-likeness (QED) is 0.208. The van der Waals surface area contributed by atoms with E-state index < -0.39 is 11.8 Å². The second-order valence-corrected chi connectivity index (χ2v) is 8.31. The SMILES string of the molecule is COC(=O)/C=C/c1ccc(Oc2c(C(=O)c3ccc(F)cc3C)sc3cc(O)ccc23)cc1. The number of halogens is 1. The van der Waals surface area contributed by atoms with E-state index in [9.17, 15) is 19.1 Å². The summed E-state index contributed by atoms with van der Waals surface area (Å²) in [7, 11) is 1.31. The van der Waals surface area contributed by atoms with Gasteiger partial charge in [0.15, 0.2) is 5.75 Å². The van der Waals surface area contributed by atoms with E-state index in [-0.39, 0.29) is 11.5 Å². The first kappa shape index (κ1) is 22.2. The number of hydrogen-bond donors (Lipinski definition) is 1. The van der Waals surface area contributed by atoms with Crippen molar-refractivity contribution in [2.24, 2.45) is 0 Å². The molecule has 0 atom stereocenters. The molecule has 3 aromatic carbocycles. The summed E-state index contributed by atoms with van der Waals surface area (Å²) in [6, 6.07) is 15.8. The zero-order chi connectivity index (χ0) is 23.5. The van der Waals surface area contributed by atoms with Gasteiger partial charge in [0.05, 0.1) is 7.11 Å². The van der Waals surface area contributed by atoms with E-state index in [1.54, 1.807) is 49.4 Å². The summed E-state index contributed by atoms with van der Waals surface area (Å²) in [5.74, 6) is -0.232. The minimum absolute atomic E-state index is 0.0778. The van der Waals surface area contributed by atoms with Crippen molar-refractivity contribution in [1.29, 1.82) is 0 Å². The Balaban J connectivity index is 1.73. The first-order chi connectivity index (χ1) is 15.9. The molecule has 0 radical (unpaired) electrons. The second-order valence-electron chi connectivity index (χ2n) is 7.26. The largest absolute Gasteiger partial charge is 0.508 e. The topological polar surface area (TPSA) is 72.8 Å². The number of ether oxygens (including phenoxy) is 2. The van der Waals surface area contributed by atoms with Gasteiger partial charge < -0.3 is 14.6 Å². The van der Waals surface area contributed by atoms with Crippen LogP contribution >= 0.6 is 11.3 Å². The van der Waals surface area contributed by atoms with E-state index >= 15 is 0 Å². The summed E-state index contributed by atoms with van der Waals surface area (Å²) < 4.78 is 24.9. The lowest BCUT2D eigenvalue weighted by Crippen LogP contribution is -2.03. The Morgan fingerprint density at radius 2 is 1.79 bits per heavy atom. The third-order valence-electron chi connectivity index (χ3n) is 4.98. The number of phenols is 1.